The average molecular weight is 672 g/mol. The zero-order valence-corrected chi connectivity index (χ0v) is 29.0. The number of amides is 1. The SMILES string of the molecule is CCN1CCN(C(=O)CN2CCn3c(c(C4CCCCC4)c4ccc(C(=O)O)cc43)-c3ccc4nc(-c5ccc(OC)cc5)ccc4c32)CC1. The average Bonchev–Trinajstić information content (AvgIpc) is 3.40. The van der Waals surface area contributed by atoms with Crippen LogP contribution >= 0.6 is 0 Å². The van der Waals surface area contributed by atoms with Crippen LogP contribution in [-0.4, -0.2) is 89.3 Å². The first kappa shape index (κ1) is 32.3. The fraction of sp³-hybridized carbons (Fsp3) is 0.390. The van der Waals surface area contributed by atoms with Gasteiger partial charge in [0.25, 0.3) is 0 Å². The number of methoxy groups -OCH3 is 1. The topological polar surface area (TPSA) is 91.1 Å². The van der Waals surface area contributed by atoms with Gasteiger partial charge < -0.3 is 29.1 Å². The number of fused-ring (bicyclic) bond motifs is 7. The third-order valence-corrected chi connectivity index (χ3v) is 11.3. The summed E-state index contributed by atoms with van der Waals surface area (Å²) < 4.78 is 7.73. The number of ether oxygens (including phenoxy) is 1. The summed E-state index contributed by atoms with van der Waals surface area (Å²) >= 11 is 0. The van der Waals surface area contributed by atoms with E-state index in [1.807, 2.05) is 41.3 Å². The molecule has 0 atom stereocenters. The van der Waals surface area contributed by atoms with Crippen LogP contribution in [0.15, 0.2) is 66.7 Å². The van der Waals surface area contributed by atoms with Crippen molar-refractivity contribution in [2.24, 2.45) is 0 Å². The van der Waals surface area contributed by atoms with Crippen molar-refractivity contribution in [2.45, 2.75) is 51.5 Å². The zero-order chi connectivity index (χ0) is 34.4. The summed E-state index contributed by atoms with van der Waals surface area (Å²) in [6, 6.07) is 22.2. The van der Waals surface area contributed by atoms with Gasteiger partial charge in [-0.3, -0.25) is 4.79 Å². The molecule has 1 aliphatic carbocycles. The predicted octanol–water partition coefficient (Wildman–Crippen LogP) is 7.26. The summed E-state index contributed by atoms with van der Waals surface area (Å²) in [6.45, 7) is 7.98. The first-order valence-corrected chi connectivity index (χ1v) is 18.2. The molecular formula is C41H45N5O4. The van der Waals surface area contributed by atoms with E-state index >= 15 is 0 Å². The minimum absolute atomic E-state index is 0.142. The molecule has 9 nitrogen and oxygen atoms in total. The molecule has 1 saturated carbocycles. The number of carbonyl (C=O) groups is 2. The van der Waals surface area contributed by atoms with E-state index in [1.165, 1.54) is 24.8 Å². The lowest BCUT2D eigenvalue weighted by Crippen LogP contribution is -2.51. The van der Waals surface area contributed by atoms with Crippen LogP contribution in [0.25, 0.3) is 44.3 Å². The van der Waals surface area contributed by atoms with E-state index < -0.39 is 5.97 Å². The lowest BCUT2D eigenvalue weighted by Gasteiger charge is -2.36. The Balaban J connectivity index is 1.30. The Hall–Kier alpha value is -4.89. The van der Waals surface area contributed by atoms with Gasteiger partial charge in [-0.2, -0.15) is 0 Å². The number of hydrogen-bond acceptors (Lipinski definition) is 6. The third kappa shape index (κ3) is 5.77. The molecule has 50 heavy (non-hydrogen) atoms. The molecular weight excluding hydrogens is 626 g/mol. The number of aromatic nitrogens is 2. The number of benzene rings is 3. The van der Waals surface area contributed by atoms with Crippen molar-refractivity contribution in [1.82, 2.24) is 19.4 Å². The third-order valence-electron chi connectivity index (χ3n) is 11.3. The molecule has 0 radical (unpaired) electrons. The zero-order valence-electron chi connectivity index (χ0n) is 29.0. The van der Waals surface area contributed by atoms with Crippen LogP contribution in [0.3, 0.4) is 0 Å². The summed E-state index contributed by atoms with van der Waals surface area (Å²) in [5.74, 6) is 0.413. The van der Waals surface area contributed by atoms with Crippen LogP contribution in [-0.2, 0) is 11.3 Å². The number of aromatic carboxylic acids is 1. The van der Waals surface area contributed by atoms with E-state index in [0.717, 1.165) is 101 Å². The number of carboxylic acids is 1. The van der Waals surface area contributed by atoms with Gasteiger partial charge in [-0.05, 0) is 91.5 Å². The molecule has 3 aromatic carbocycles. The number of nitrogens with zero attached hydrogens (tertiary/aromatic N) is 5. The normalized spacial score (nSPS) is 17.1. The number of likely N-dealkylation sites (N-methyl/N-ethyl adjacent to an activating group) is 1. The molecule has 8 rings (SSSR count). The first-order valence-electron chi connectivity index (χ1n) is 18.2. The minimum atomic E-state index is -0.921. The van der Waals surface area contributed by atoms with E-state index in [9.17, 15) is 14.7 Å². The highest BCUT2D eigenvalue weighted by molar-refractivity contribution is 6.06. The molecule has 258 valence electrons. The molecule has 2 fully saturated rings. The smallest absolute Gasteiger partial charge is 0.335 e. The highest BCUT2D eigenvalue weighted by Gasteiger charge is 2.33. The number of carboxylic acid groups (broad SMARTS) is 1. The van der Waals surface area contributed by atoms with E-state index in [4.69, 9.17) is 9.72 Å². The van der Waals surface area contributed by atoms with Crippen molar-refractivity contribution >= 4 is 39.4 Å². The van der Waals surface area contributed by atoms with Gasteiger partial charge in [0.1, 0.15) is 5.75 Å². The van der Waals surface area contributed by atoms with Crippen LogP contribution in [0.1, 0.15) is 60.9 Å². The van der Waals surface area contributed by atoms with Crippen LogP contribution in [0.2, 0.25) is 0 Å². The van der Waals surface area contributed by atoms with Gasteiger partial charge in [0.15, 0.2) is 0 Å². The fourth-order valence-corrected chi connectivity index (χ4v) is 8.55. The molecule has 3 aliphatic rings. The Bertz CT molecular complexity index is 2070. The van der Waals surface area contributed by atoms with Crippen molar-refractivity contribution in [2.75, 3.05) is 57.8 Å². The summed E-state index contributed by atoms with van der Waals surface area (Å²) in [5, 5.41) is 12.2. The second kappa shape index (κ2) is 13.4. The van der Waals surface area contributed by atoms with Crippen molar-refractivity contribution in [3.8, 4) is 28.3 Å². The van der Waals surface area contributed by atoms with Gasteiger partial charge in [-0.1, -0.05) is 32.3 Å². The highest BCUT2D eigenvalue weighted by atomic mass is 16.5. The Labute approximate surface area is 293 Å². The van der Waals surface area contributed by atoms with E-state index in [-0.39, 0.29) is 12.5 Å². The molecule has 5 aromatic rings. The Morgan fingerprint density at radius 3 is 2.34 bits per heavy atom. The van der Waals surface area contributed by atoms with Crippen molar-refractivity contribution < 1.29 is 19.4 Å². The summed E-state index contributed by atoms with van der Waals surface area (Å²) in [7, 11) is 1.67. The molecule has 0 unspecified atom stereocenters. The quantitative estimate of drug-likeness (QED) is 0.195. The first-order chi connectivity index (χ1) is 24.4. The number of pyridine rings is 1. The maximum atomic E-state index is 14.0. The minimum Gasteiger partial charge on any atom is -0.497 e. The van der Waals surface area contributed by atoms with Gasteiger partial charge in [-0.25, -0.2) is 9.78 Å². The molecule has 2 aliphatic heterocycles. The maximum Gasteiger partial charge on any atom is 0.335 e. The molecule has 1 N–H and O–H groups in total. The van der Waals surface area contributed by atoms with Gasteiger partial charge in [0, 0.05) is 66.7 Å². The summed E-state index contributed by atoms with van der Waals surface area (Å²) in [4.78, 5) is 38.1. The second-order valence-electron chi connectivity index (χ2n) is 14.0. The van der Waals surface area contributed by atoms with E-state index in [2.05, 4.69) is 45.6 Å². The Morgan fingerprint density at radius 1 is 0.860 bits per heavy atom. The van der Waals surface area contributed by atoms with Gasteiger partial charge in [0.2, 0.25) is 5.91 Å². The standard InChI is InChI=1S/C41H45N5O4/c1-3-43-19-21-44(22-20-43)37(47)26-45-23-24-46-36-25-29(41(48)49)11-14-32(36)38(28-7-5-4-6-8-28)40(46)33-16-18-35-31(39(33)45)15-17-34(42-35)27-9-12-30(50-2)13-10-27/h9-18,25,28H,3-8,19-24,26H2,1-2H3,(H,48,49). The molecule has 2 aromatic heterocycles. The second-order valence-corrected chi connectivity index (χ2v) is 14.0. The van der Waals surface area contributed by atoms with E-state index in [1.54, 1.807) is 13.2 Å². The van der Waals surface area contributed by atoms with E-state index in [0.29, 0.717) is 24.6 Å². The predicted molar refractivity (Wildman–Crippen MR) is 198 cm³/mol. The molecule has 9 heteroatoms. The van der Waals surface area contributed by atoms with Crippen LogP contribution in [0.5, 0.6) is 5.75 Å². The number of piperazine rings is 1. The van der Waals surface area contributed by atoms with Crippen LogP contribution in [0, 0.1) is 0 Å². The largest absolute Gasteiger partial charge is 0.497 e. The molecule has 1 saturated heterocycles. The fourth-order valence-electron chi connectivity index (χ4n) is 8.55. The van der Waals surface area contributed by atoms with Gasteiger partial charge >= 0.3 is 5.97 Å². The molecule has 0 bridgehead atoms. The maximum absolute atomic E-state index is 14.0. The number of rotatable bonds is 7. The number of anilines is 1. The summed E-state index contributed by atoms with van der Waals surface area (Å²) in [6.07, 6.45) is 5.87. The van der Waals surface area contributed by atoms with Crippen LogP contribution in [0.4, 0.5) is 5.69 Å². The lowest BCUT2D eigenvalue weighted by molar-refractivity contribution is -0.131. The Morgan fingerprint density at radius 2 is 1.62 bits per heavy atom. The lowest BCUT2D eigenvalue weighted by atomic mass is 9.81. The van der Waals surface area contributed by atoms with Crippen molar-refractivity contribution in [3.05, 3.63) is 77.9 Å². The molecule has 4 heterocycles. The molecule has 1 amide bonds. The van der Waals surface area contributed by atoms with Gasteiger partial charge in [-0.15, -0.1) is 0 Å². The number of hydrogen-bond donors (Lipinski definition) is 1. The Kier molecular flexibility index (Phi) is 8.69. The summed E-state index contributed by atoms with van der Waals surface area (Å²) in [5.41, 5.74) is 8.63. The van der Waals surface area contributed by atoms with Crippen molar-refractivity contribution in [1.29, 1.82) is 0 Å². The van der Waals surface area contributed by atoms with Crippen molar-refractivity contribution in [3.63, 3.8) is 0 Å². The molecule has 0 spiro atoms. The van der Waals surface area contributed by atoms with Gasteiger partial charge in [0.05, 0.1) is 41.8 Å². The highest BCUT2D eigenvalue weighted by Crippen LogP contribution is 2.49. The van der Waals surface area contributed by atoms with Crippen LogP contribution < -0.4 is 9.64 Å². The number of carbonyl (C=O) groups excluding carboxylic acids is 1. The monoisotopic (exact) mass is 671 g/mol.